The molecule has 64 valence electrons. The largest absolute Gasteiger partial charge is 1.00 e. The molecule has 0 bridgehead atoms. The minimum absolute atomic E-state index is 0. The van der Waals surface area contributed by atoms with Gasteiger partial charge in [-0.15, -0.1) is 6.42 Å². The maximum absolute atomic E-state index is 3.91. The monoisotopic (exact) mass is 148 g/mol. The Hall–Kier alpha value is 0.597. The summed E-state index contributed by atoms with van der Waals surface area (Å²) in [6.07, 6.45) is 5.40. The molecule has 0 amide bonds. The maximum Gasteiger partial charge on any atom is 1.00 e. The predicted octanol–water partition coefficient (Wildman–Crippen LogP) is 0.695. The third-order valence-corrected chi connectivity index (χ3v) is 1.19. The normalized spacial score (nSPS) is 10.6. The number of hydrogen-bond donors (Lipinski definition) is 0. The van der Waals surface area contributed by atoms with E-state index in [0.717, 1.165) is 6.42 Å². The van der Waals surface area contributed by atoms with Gasteiger partial charge in [-0.3, -0.25) is 0 Å². The first-order valence-electron chi connectivity index (χ1n) is 4.09. The van der Waals surface area contributed by atoms with Crippen molar-refractivity contribution < 1.29 is 18.9 Å². The van der Waals surface area contributed by atoms with E-state index in [-0.39, 0.29) is 18.9 Å². The van der Waals surface area contributed by atoms with E-state index in [1.54, 1.807) is 0 Å². The molecule has 11 heavy (non-hydrogen) atoms. The fraction of sp³-hybridized carbons (Fsp3) is 0.700. The standard InChI is InChI=1S/C7H14.C3H7.Li/c1-4-6-7(3)5-2;1-3-2;/h7H,1,3-6H2,2H3;3H,1-2H3;/q-2;-1;+1. The molecule has 0 fully saturated rings. The van der Waals surface area contributed by atoms with E-state index in [9.17, 15) is 0 Å². The molecular formula is C10H21Li-2. The second kappa shape index (κ2) is 16.9. The van der Waals surface area contributed by atoms with Crippen LogP contribution in [0.15, 0.2) is 0 Å². The smallest absolute Gasteiger partial charge is 0.343 e. The van der Waals surface area contributed by atoms with Gasteiger partial charge >= 0.3 is 18.9 Å². The van der Waals surface area contributed by atoms with E-state index in [4.69, 9.17) is 0 Å². The quantitative estimate of drug-likeness (QED) is 0.408. The molecule has 1 atom stereocenters. The van der Waals surface area contributed by atoms with Gasteiger partial charge in [0.15, 0.2) is 0 Å². The minimum atomic E-state index is 0. The summed E-state index contributed by atoms with van der Waals surface area (Å²) in [7, 11) is 0. The molecule has 0 aromatic carbocycles. The molecule has 0 aliphatic rings. The zero-order chi connectivity index (χ0) is 8.41. The molecule has 0 nitrogen and oxygen atoms in total. The molecule has 0 heterocycles. The van der Waals surface area contributed by atoms with E-state index < -0.39 is 0 Å². The Morgan fingerprint density at radius 2 is 1.73 bits per heavy atom. The third-order valence-electron chi connectivity index (χ3n) is 1.19. The van der Waals surface area contributed by atoms with E-state index in [1.165, 1.54) is 12.8 Å². The molecule has 0 rings (SSSR count). The summed E-state index contributed by atoms with van der Waals surface area (Å²) < 4.78 is 0. The van der Waals surface area contributed by atoms with Gasteiger partial charge in [0.25, 0.3) is 0 Å². The summed E-state index contributed by atoms with van der Waals surface area (Å²) in [5.41, 5.74) is 0. The van der Waals surface area contributed by atoms with Crippen LogP contribution in [-0.4, -0.2) is 0 Å². The van der Waals surface area contributed by atoms with Crippen LogP contribution in [0.4, 0.5) is 0 Å². The average Bonchev–Trinajstić information content (AvgIpc) is 1.90. The van der Waals surface area contributed by atoms with Gasteiger partial charge in [-0.25, -0.2) is 0 Å². The van der Waals surface area contributed by atoms with Gasteiger partial charge in [0.05, 0.1) is 0 Å². The second-order valence-electron chi connectivity index (χ2n) is 2.49. The summed E-state index contributed by atoms with van der Waals surface area (Å²) in [5, 5.41) is 0. The van der Waals surface area contributed by atoms with Crippen molar-refractivity contribution >= 4 is 0 Å². The summed E-state index contributed by atoms with van der Waals surface area (Å²) in [6.45, 7) is 13.8. The molecule has 0 spiro atoms. The molecule has 0 aromatic rings. The first kappa shape index (κ1) is 17.6. The minimum Gasteiger partial charge on any atom is -0.343 e. The average molecular weight is 148 g/mol. The molecule has 0 aliphatic heterocycles. The van der Waals surface area contributed by atoms with Crippen LogP contribution in [0.5, 0.6) is 0 Å². The summed E-state index contributed by atoms with van der Waals surface area (Å²) in [6, 6.07) is 0. The van der Waals surface area contributed by atoms with Gasteiger partial charge in [0, 0.05) is 0 Å². The Kier molecular flexibility index (Phi) is 27.1. The van der Waals surface area contributed by atoms with E-state index >= 15 is 0 Å². The SMILES string of the molecule is C[CH-]C.[CH2-]CCC([CH2-])CC.[Li+]. The Balaban J connectivity index is -0.000000140. The van der Waals surface area contributed by atoms with Gasteiger partial charge in [-0.05, 0) is 0 Å². The molecule has 1 unspecified atom stereocenters. The van der Waals surface area contributed by atoms with Crippen LogP contribution >= 0.6 is 0 Å². The van der Waals surface area contributed by atoms with Crippen LogP contribution in [0.25, 0.3) is 0 Å². The summed E-state index contributed by atoms with van der Waals surface area (Å²) in [4.78, 5) is 0. The molecular weight excluding hydrogens is 127 g/mol. The topological polar surface area (TPSA) is 0 Å². The number of rotatable bonds is 3. The molecule has 0 aromatic heterocycles. The fourth-order valence-electron chi connectivity index (χ4n) is 0.493. The van der Waals surface area contributed by atoms with E-state index in [2.05, 4.69) is 20.8 Å². The Morgan fingerprint density at radius 3 is 1.82 bits per heavy atom. The van der Waals surface area contributed by atoms with Gasteiger partial charge in [-0.2, -0.15) is 26.2 Å². The van der Waals surface area contributed by atoms with Gasteiger partial charge < -0.3 is 20.3 Å². The van der Waals surface area contributed by atoms with Gasteiger partial charge in [-0.1, -0.05) is 13.3 Å². The summed E-state index contributed by atoms with van der Waals surface area (Å²) >= 11 is 0. The molecule has 0 saturated carbocycles. The van der Waals surface area contributed by atoms with Gasteiger partial charge in [0.1, 0.15) is 0 Å². The van der Waals surface area contributed by atoms with Crippen molar-refractivity contribution in [2.45, 2.75) is 40.0 Å². The van der Waals surface area contributed by atoms with Gasteiger partial charge in [0.2, 0.25) is 0 Å². The molecule has 0 aliphatic carbocycles. The Labute approximate surface area is 85.3 Å². The van der Waals surface area contributed by atoms with Crippen molar-refractivity contribution in [3.05, 3.63) is 20.3 Å². The van der Waals surface area contributed by atoms with E-state index in [0.29, 0.717) is 5.92 Å². The first-order valence-corrected chi connectivity index (χ1v) is 4.09. The van der Waals surface area contributed by atoms with Crippen LogP contribution in [-0.2, 0) is 0 Å². The first-order chi connectivity index (χ1) is 4.72. The van der Waals surface area contributed by atoms with Crippen LogP contribution in [0.1, 0.15) is 40.0 Å². The van der Waals surface area contributed by atoms with Crippen LogP contribution in [0.2, 0.25) is 0 Å². The molecule has 0 N–H and O–H groups in total. The van der Waals surface area contributed by atoms with Crippen molar-refractivity contribution in [3.8, 4) is 0 Å². The van der Waals surface area contributed by atoms with Crippen LogP contribution in [0.3, 0.4) is 0 Å². The van der Waals surface area contributed by atoms with Crippen molar-refractivity contribution in [2.24, 2.45) is 5.92 Å². The summed E-state index contributed by atoms with van der Waals surface area (Å²) in [5.74, 6) is 0.637. The predicted molar refractivity (Wildman–Crippen MR) is 49.4 cm³/mol. The van der Waals surface area contributed by atoms with Crippen molar-refractivity contribution in [3.63, 3.8) is 0 Å². The maximum atomic E-state index is 3.91. The van der Waals surface area contributed by atoms with Crippen molar-refractivity contribution in [1.82, 2.24) is 0 Å². The van der Waals surface area contributed by atoms with Crippen LogP contribution in [0, 0.1) is 26.2 Å². The fourth-order valence-corrected chi connectivity index (χ4v) is 0.493. The second-order valence-corrected chi connectivity index (χ2v) is 2.49. The molecule has 0 saturated heterocycles. The third kappa shape index (κ3) is 25.0. The Morgan fingerprint density at radius 1 is 1.36 bits per heavy atom. The molecule has 0 radical (unpaired) electrons. The zero-order valence-corrected chi connectivity index (χ0v) is 8.69. The molecule has 1 heteroatoms. The van der Waals surface area contributed by atoms with Crippen molar-refractivity contribution in [1.29, 1.82) is 0 Å². The van der Waals surface area contributed by atoms with E-state index in [1.807, 2.05) is 20.3 Å². The van der Waals surface area contributed by atoms with Crippen LogP contribution < -0.4 is 18.9 Å². The Bertz CT molecular complexity index is 44.1. The number of hydrogen-bond acceptors (Lipinski definition) is 0. The zero-order valence-electron chi connectivity index (χ0n) is 8.69. The van der Waals surface area contributed by atoms with Crippen molar-refractivity contribution in [2.75, 3.05) is 0 Å².